The van der Waals surface area contributed by atoms with Crippen molar-refractivity contribution in [2.45, 2.75) is 58.5 Å². The van der Waals surface area contributed by atoms with Crippen molar-refractivity contribution in [1.82, 2.24) is 0 Å². The summed E-state index contributed by atoms with van der Waals surface area (Å²) in [5, 5.41) is 0. The van der Waals surface area contributed by atoms with Gasteiger partial charge in [0, 0.05) is 0 Å². The molecule has 0 aromatic heterocycles. The smallest absolute Gasteiger partial charge is 0.111 e. The maximum absolute atomic E-state index is 5.96. The molecule has 90 valence electrons. The molecular formula is C15H24O. The van der Waals surface area contributed by atoms with Crippen molar-refractivity contribution >= 4 is 0 Å². The Morgan fingerprint density at radius 3 is 1.81 bits per heavy atom. The zero-order valence-electron chi connectivity index (χ0n) is 10.9. The predicted molar refractivity (Wildman–Crippen MR) is 66.0 cm³/mol. The fourth-order valence-electron chi connectivity index (χ4n) is 5.53. The molecule has 0 aromatic carbocycles. The molecule has 4 aliphatic rings. The lowest BCUT2D eigenvalue weighted by Gasteiger charge is -2.66. The first kappa shape index (κ1) is 10.7. The topological polar surface area (TPSA) is 9.23 Å². The molecule has 4 saturated carbocycles. The Labute approximate surface area is 99.3 Å². The van der Waals surface area contributed by atoms with Gasteiger partial charge >= 0.3 is 0 Å². The molecule has 0 heterocycles. The summed E-state index contributed by atoms with van der Waals surface area (Å²) in [6, 6.07) is 0. The maximum atomic E-state index is 5.96. The SMILES string of the molecule is C=COC1(C)C2CC3(C)CC1CC(C)(C2)C3. The molecule has 0 saturated heterocycles. The van der Waals surface area contributed by atoms with Crippen LogP contribution in [0.4, 0.5) is 0 Å². The van der Waals surface area contributed by atoms with Crippen molar-refractivity contribution in [1.29, 1.82) is 0 Å². The van der Waals surface area contributed by atoms with Gasteiger partial charge in [0.1, 0.15) is 5.60 Å². The maximum Gasteiger partial charge on any atom is 0.111 e. The second-order valence-electron chi connectivity index (χ2n) is 7.48. The van der Waals surface area contributed by atoms with Crippen molar-refractivity contribution in [3.8, 4) is 0 Å². The van der Waals surface area contributed by atoms with Gasteiger partial charge in [-0.15, -0.1) is 0 Å². The lowest BCUT2D eigenvalue weighted by Crippen LogP contribution is -2.62. The second kappa shape index (κ2) is 2.86. The summed E-state index contributed by atoms with van der Waals surface area (Å²) in [4.78, 5) is 0. The minimum absolute atomic E-state index is 0.0845. The van der Waals surface area contributed by atoms with E-state index in [1.807, 2.05) is 0 Å². The number of rotatable bonds is 2. The fourth-order valence-corrected chi connectivity index (χ4v) is 5.53. The molecule has 0 atom stereocenters. The van der Waals surface area contributed by atoms with E-state index in [4.69, 9.17) is 4.74 Å². The van der Waals surface area contributed by atoms with Crippen molar-refractivity contribution in [3.05, 3.63) is 12.8 Å². The van der Waals surface area contributed by atoms with Gasteiger partial charge in [0.15, 0.2) is 0 Å². The van der Waals surface area contributed by atoms with Crippen LogP contribution in [0, 0.1) is 22.7 Å². The third-order valence-electron chi connectivity index (χ3n) is 5.77. The Bertz CT molecular complexity index is 294. The largest absolute Gasteiger partial charge is 0.495 e. The van der Waals surface area contributed by atoms with E-state index in [0.29, 0.717) is 10.8 Å². The highest BCUT2D eigenvalue weighted by atomic mass is 16.5. The fraction of sp³-hybridized carbons (Fsp3) is 0.867. The van der Waals surface area contributed by atoms with Crippen LogP contribution in [-0.2, 0) is 4.74 Å². The van der Waals surface area contributed by atoms with Crippen molar-refractivity contribution in [3.63, 3.8) is 0 Å². The molecular weight excluding hydrogens is 196 g/mol. The molecule has 0 unspecified atom stereocenters. The van der Waals surface area contributed by atoms with Crippen molar-refractivity contribution in [2.75, 3.05) is 0 Å². The molecule has 1 heteroatoms. The van der Waals surface area contributed by atoms with Crippen LogP contribution in [-0.4, -0.2) is 5.60 Å². The van der Waals surface area contributed by atoms with Gasteiger partial charge in [-0.1, -0.05) is 20.4 Å². The zero-order chi connectivity index (χ0) is 11.6. The van der Waals surface area contributed by atoms with Crippen LogP contribution in [0.25, 0.3) is 0 Å². The van der Waals surface area contributed by atoms with Crippen LogP contribution < -0.4 is 0 Å². The molecule has 4 aliphatic carbocycles. The Hall–Kier alpha value is -0.460. The molecule has 0 N–H and O–H groups in total. The van der Waals surface area contributed by atoms with E-state index in [1.165, 1.54) is 32.1 Å². The highest BCUT2D eigenvalue weighted by molar-refractivity contribution is 5.13. The molecule has 4 fully saturated rings. The summed E-state index contributed by atoms with van der Waals surface area (Å²) in [6.45, 7) is 11.1. The minimum atomic E-state index is 0.0845. The average Bonchev–Trinajstić information content (AvgIpc) is 2.11. The van der Waals surface area contributed by atoms with E-state index in [-0.39, 0.29) is 5.60 Å². The summed E-state index contributed by atoms with van der Waals surface area (Å²) < 4.78 is 5.96. The predicted octanol–water partition coefficient (Wildman–Crippen LogP) is 4.14. The summed E-state index contributed by atoms with van der Waals surface area (Å²) >= 11 is 0. The third kappa shape index (κ3) is 1.23. The van der Waals surface area contributed by atoms with Crippen molar-refractivity contribution in [2.24, 2.45) is 22.7 Å². The Morgan fingerprint density at radius 2 is 1.44 bits per heavy atom. The highest BCUT2D eigenvalue weighted by Gasteiger charge is 2.63. The molecule has 0 aliphatic heterocycles. The van der Waals surface area contributed by atoms with Gasteiger partial charge in [-0.2, -0.15) is 0 Å². The van der Waals surface area contributed by atoms with E-state index in [9.17, 15) is 0 Å². The normalized spacial score (nSPS) is 58.7. The highest BCUT2D eigenvalue weighted by Crippen LogP contribution is 2.68. The van der Waals surface area contributed by atoms with Gasteiger partial charge in [0.05, 0.1) is 6.26 Å². The van der Waals surface area contributed by atoms with Gasteiger partial charge in [0.25, 0.3) is 0 Å². The minimum Gasteiger partial charge on any atom is -0.495 e. The quantitative estimate of drug-likeness (QED) is 0.635. The van der Waals surface area contributed by atoms with Gasteiger partial charge in [0.2, 0.25) is 0 Å². The molecule has 1 nitrogen and oxygen atoms in total. The van der Waals surface area contributed by atoms with E-state index in [0.717, 1.165) is 11.8 Å². The van der Waals surface area contributed by atoms with Crippen LogP contribution in [0.5, 0.6) is 0 Å². The van der Waals surface area contributed by atoms with Crippen LogP contribution in [0.3, 0.4) is 0 Å². The standard InChI is InChI=1S/C15H24O/c1-5-16-15(4)11-6-13(2)7-12(15)9-14(3,8-11)10-13/h5,11-12H,1,6-10H2,2-4H3. The number of ether oxygens (including phenoxy) is 1. The van der Waals surface area contributed by atoms with Crippen LogP contribution in [0.1, 0.15) is 52.9 Å². The van der Waals surface area contributed by atoms with E-state index in [2.05, 4.69) is 27.4 Å². The Balaban J connectivity index is 1.98. The summed E-state index contributed by atoms with van der Waals surface area (Å²) in [5.74, 6) is 1.50. The molecule has 0 aromatic rings. The lowest BCUT2D eigenvalue weighted by atomic mass is 9.41. The van der Waals surface area contributed by atoms with Gasteiger partial charge < -0.3 is 4.74 Å². The second-order valence-corrected chi connectivity index (χ2v) is 7.48. The third-order valence-corrected chi connectivity index (χ3v) is 5.77. The molecule has 0 spiro atoms. The van der Waals surface area contributed by atoms with Crippen LogP contribution in [0.15, 0.2) is 12.8 Å². The van der Waals surface area contributed by atoms with Gasteiger partial charge in [-0.3, -0.25) is 0 Å². The Morgan fingerprint density at radius 1 is 1.00 bits per heavy atom. The Kier molecular flexibility index (Phi) is 1.91. The van der Waals surface area contributed by atoms with E-state index >= 15 is 0 Å². The van der Waals surface area contributed by atoms with Crippen LogP contribution in [0.2, 0.25) is 0 Å². The van der Waals surface area contributed by atoms with E-state index < -0.39 is 0 Å². The summed E-state index contributed by atoms with van der Waals surface area (Å²) in [5.41, 5.74) is 1.29. The molecule has 4 rings (SSSR count). The molecule has 4 bridgehead atoms. The first-order valence-corrected chi connectivity index (χ1v) is 6.68. The first-order chi connectivity index (χ1) is 7.39. The lowest BCUT2D eigenvalue weighted by molar-refractivity contribution is -0.215. The van der Waals surface area contributed by atoms with Gasteiger partial charge in [-0.05, 0) is 61.7 Å². The zero-order valence-corrected chi connectivity index (χ0v) is 10.9. The molecule has 0 amide bonds. The molecule has 0 radical (unpaired) electrons. The molecule has 16 heavy (non-hydrogen) atoms. The van der Waals surface area contributed by atoms with Gasteiger partial charge in [-0.25, -0.2) is 0 Å². The monoisotopic (exact) mass is 220 g/mol. The van der Waals surface area contributed by atoms with E-state index in [1.54, 1.807) is 6.26 Å². The van der Waals surface area contributed by atoms with Crippen molar-refractivity contribution < 1.29 is 4.74 Å². The summed E-state index contributed by atoms with van der Waals surface area (Å²) in [7, 11) is 0. The van der Waals surface area contributed by atoms with Crippen LogP contribution >= 0.6 is 0 Å². The number of hydrogen-bond donors (Lipinski definition) is 0. The average molecular weight is 220 g/mol. The summed E-state index contributed by atoms with van der Waals surface area (Å²) in [6.07, 6.45) is 8.57. The number of hydrogen-bond acceptors (Lipinski definition) is 1. The first-order valence-electron chi connectivity index (χ1n) is 6.68.